The highest BCUT2D eigenvalue weighted by molar-refractivity contribution is 8.13. The Kier molecular flexibility index (Phi) is 3.78. The summed E-state index contributed by atoms with van der Waals surface area (Å²) < 4.78 is 21.2. The summed E-state index contributed by atoms with van der Waals surface area (Å²) in [5.41, 5.74) is 3.02. The second-order valence-corrected chi connectivity index (χ2v) is 6.14. The van der Waals surface area contributed by atoms with Crippen LogP contribution in [0.1, 0.15) is 16.7 Å². The van der Waals surface area contributed by atoms with E-state index in [0.717, 1.165) is 16.7 Å². The quantitative estimate of drug-likeness (QED) is 0.559. The second-order valence-electron chi connectivity index (χ2n) is 3.36. The predicted octanol–water partition coefficient (Wildman–Crippen LogP) is 2.22. The lowest BCUT2D eigenvalue weighted by atomic mass is 10.1. The molecule has 0 spiro atoms. The number of benzene rings is 1. The summed E-state index contributed by atoms with van der Waals surface area (Å²) in [6.07, 6.45) is 0. The molecule has 0 bridgehead atoms. The molecule has 0 aromatic heterocycles. The van der Waals surface area contributed by atoms with Crippen molar-refractivity contribution in [2.45, 2.75) is 13.8 Å². The van der Waals surface area contributed by atoms with Gasteiger partial charge in [0.2, 0.25) is 9.05 Å². The number of halogens is 1. The molecule has 4 heteroatoms. The van der Waals surface area contributed by atoms with Gasteiger partial charge in [-0.2, -0.15) is 0 Å². The van der Waals surface area contributed by atoms with Gasteiger partial charge in [-0.05, 0) is 37.1 Å². The smallest absolute Gasteiger partial charge is 0.211 e. The van der Waals surface area contributed by atoms with Crippen LogP contribution < -0.4 is 0 Å². The Morgan fingerprint density at radius 3 is 2.20 bits per heavy atom. The first-order chi connectivity index (χ1) is 6.87. The van der Waals surface area contributed by atoms with Crippen LogP contribution in [-0.4, -0.2) is 14.2 Å². The molecule has 2 nitrogen and oxygen atoms in total. The summed E-state index contributed by atoms with van der Waals surface area (Å²) in [6, 6.07) is 5.84. The first kappa shape index (κ1) is 12.1. The molecule has 0 unspecified atom stereocenters. The third kappa shape index (κ3) is 4.87. The first-order valence-corrected chi connectivity index (χ1v) is 6.84. The summed E-state index contributed by atoms with van der Waals surface area (Å²) in [6.45, 7) is 3.94. The van der Waals surface area contributed by atoms with E-state index >= 15 is 0 Å². The summed E-state index contributed by atoms with van der Waals surface area (Å²) in [5.74, 6) is 4.98. The third-order valence-electron chi connectivity index (χ3n) is 1.70. The Morgan fingerprint density at radius 2 is 1.73 bits per heavy atom. The van der Waals surface area contributed by atoms with Gasteiger partial charge in [0.05, 0.1) is 0 Å². The fraction of sp³-hybridized carbons (Fsp3) is 0.273. The van der Waals surface area contributed by atoms with E-state index < -0.39 is 9.05 Å². The summed E-state index contributed by atoms with van der Waals surface area (Å²) in [5, 5.41) is 0. The normalized spacial score (nSPS) is 10.6. The van der Waals surface area contributed by atoms with E-state index in [2.05, 4.69) is 11.8 Å². The summed E-state index contributed by atoms with van der Waals surface area (Å²) in [4.78, 5) is 0. The number of aryl methyl sites for hydroxylation is 2. The maximum atomic E-state index is 10.6. The molecule has 1 aromatic rings. The van der Waals surface area contributed by atoms with Crippen LogP contribution in [0.25, 0.3) is 0 Å². The van der Waals surface area contributed by atoms with Gasteiger partial charge in [-0.15, -0.1) is 0 Å². The molecule has 0 fully saturated rings. The first-order valence-electron chi connectivity index (χ1n) is 4.36. The summed E-state index contributed by atoms with van der Waals surface area (Å²) >= 11 is 0. The van der Waals surface area contributed by atoms with E-state index in [-0.39, 0.29) is 5.75 Å². The molecule has 0 amide bonds. The molecule has 1 rings (SSSR count). The highest BCUT2D eigenvalue weighted by Crippen LogP contribution is 2.07. The maximum absolute atomic E-state index is 10.6. The van der Waals surface area contributed by atoms with Crippen LogP contribution >= 0.6 is 10.7 Å². The Balaban J connectivity index is 2.90. The van der Waals surface area contributed by atoms with E-state index in [1.807, 2.05) is 32.0 Å². The molecule has 0 aliphatic rings. The van der Waals surface area contributed by atoms with Crippen molar-refractivity contribution >= 4 is 19.7 Å². The van der Waals surface area contributed by atoms with E-state index in [1.165, 1.54) is 0 Å². The highest BCUT2D eigenvalue weighted by Gasteiger charge is 1.99. The van der Waals surface area contributed by atoms with Gasteiger partial charge in [0.15, 0.2) is 0 Å². The molecule has 0 aliphatic carbocycles. The number of rotatable bonds is 1. The lowest BCUT2D eigenvalue weighted by Gasteiger charge is -1.97. The van der Waals surface area contributed by atoms with Gasteiger partial charge >= 0.3 is 0 Å². The van der Waals surface area contributed by atoms with Crippen LogP contribution in [0.2, 0.25) is 0 Å². The monoisotopic (exact) mass is 242 g/mol. The summed E-state index contributed by atoms with van der Waals surface area (Å²) in [7, 11) is 1.52. The Morgan fingerprint density at radius 1 is 1.20 bits per heavy atom. The van der Waals surface area contributed by atoms with Gasteiger partial charge in [-0.25, -0.2) is 8.42 Å². The van der Waals surface area contributed by atoms with Crippen LogP contribution in [0.5, 0.6) is 0 Å². The van der Waals surface area contributed by atoms with E-state index in [1.54, 1.807) is 0 Å². The zero-order valence-corrected chi connectivity index (χ0v) is 10.1. The molecule has 0 radical (unpaired) electrons. The topological polar surface area (TPSA) is 34.1 Å². The van der Waals surface area contributed by atoms with Crippen molar-refractivity contribution in [2.75, 3.05) is 5.75 Å². The zero-order valence-electron chi connectivity index (χ0n) is 8.54. The lowest BCUT2D eigenvalue weighted by Crippen LogP contribution is -1.92. The van der Waals surface area contributed by atoms with Crippen molar-refractivity contribution in [1.29, 1.82) is 0 Å². The third-order valence-corrected chi connectivity index (χ3v) is 2.52. The van der Waals surface area contributed by atoms with Crippen molar-refractivity contribution in [3.63, 3.8) is 0 Å². The van der Waals surface area contributed by atoms with Crippen molar-refractivity contribution in [3.8, 4) is 11.8 Å². The second kappa shape index (κ2) is 4.69. The van der Waals surface area contributed by atoms with Crippen LogP contribution in [0.15, 0.2) is 18.2 Å². The van der Waals surface area contributed by atoms with Crippen molar-refractivity contribution in [2.24, 2.45) is 0 Å². The van der Waals surface area contributed by atoms with E-state index in [0.29, 0.717) is 0 Å². The molecule has 0 aliphatic heterocycles. The fourth-order valence-corrected chi connectivity index (χ4v) is 1.68. The van der Waals surface area contributed by atoms with Crippen LogP contribution in [0, 0.1) is 25.7 Å². The molecule has 0 N–H and O–H groups in total. The fourth-order valence-electron chi connectivity index (χ4n) is 1.27. The van der Waals surface area contributed by atoms with Crippen LogP contribution in [-0.2, 0) is 9.05 Å². The average molecular weight is 243 g/mol. The van der Waals surface area contributed by atoms with Crippen LogP contribution in [0.4, 0.5) is 0 Å². The number of hydrogen-bond donors (Lipinski definition) is 0. The number of hydrogen-bond acceptors (Lipinski definition) is 2. The molecule has 15 heavy (non-hydrogen) atoms. The Labute approximate surface area is 94.7 Å². The van der Waals surface area contributed by atoms with Gasteiger partial charge in [-0.1, -0.05) is 17.9 Å². The van der Waals surface area contributed by atoms with E-state index in [4.69, 9.17) is 10.7 Å². The SMILES string of the molecule is Cc1cc(C)cc(C#CCS(=O)(=O)Cl)c1. The van der Waals surface area contributed by atoms with Crippen molar-refractivity contribution in [1.82, 2.24) is 0 Å². The molecule has 1 aromatic carbocycles. The molecular weight excluding hydrogens is 232 g/mol. The Hall–Kier alpha value is -0.980. The standard InChI is InChI=1S/C11H11ClO2S/c1-9-6-10(2)8-11(7-9)4-3-5-15(12,13)14/h6-8H,5H2,1-2H3. The lowest BCUT2D eigenvalue weighted by molar-refractivity contribution is 0.612. The predicted molar refractivity (Wildman–Crippen MR) is 62.4 cm³/mol. The minimum atomic E-state index is -3.52. The molecule has 0 atom stereocenters. The zero-order chi connectivity index (χ0) is 11.5. The van der Waals surface area contributed by atoms with E-state index in [9.17, 15) is 8.42 Å². The molecule has 80 valence electrons. The largest absolute Gasteiger partial charge is 0.243 e. The van der Waals surface area contributed by atoms with Crippen molar-refractivity contribution < 1.29 is 8.42 Å². The minimum Gasteiger partial charge on any atom is -0.211 e. The van der Waals surface area contributed by atoms with Gasteiger partial charge in [0, 0.05) is 16.2 Å². The van der Waals surface area contributed by atoms with Crippen molar-refractivity contribution in [3.05, 3.63) is 34.9 Å². The van der Waals surface area contributed by atoms with Gasteiger partial charge in [0.25, 0.3) is 0 Å². The van der Waals surface area contributed by atoms with Gasteiger partial charge < -0.3 is 0 Å². The van der Waals surface area contributed by atoms with Gasteiger partial charge in [0.1, 0.15) is 5.75 Å². The average Bonchev–Trinajstić information content (AvgIpc) is 1.99. The minimum absolute atomic E-state index is 0.318. The molecular formula is C11H11ClO2S. The molecule has 0 saturated carbocycles. The van der Waals surface area contributed by atoms with Gasteiger partial charge in [-0.3, -0.25) is 0 Å². The van der Waals surface area contributed by atoms with Crippen LogP contribution in [0.3, 0.4) is 0 Å². The highest BCUT2D eigenvalue weighted by atomic mass is 35.7. The maximum Gasteiger partial charge on any atom is 0.243 e. The molecule has 0 heterocycles. The molecule has 0 saturated heterocycles. The Bertz CT molecular complexity index is 501.